The summed E-state index contributed by atoms with van der Waals surface area (Å²) in [5, 5.41) is 9.40. The number of nitrogens with two attached hydrogens (primary N) is 1. The summed E-state index contributed by atoms with van der Waals surface area (Å²) in [6.45, 7) is 0.641. The lowest BCUT2D eigenvalue weighted by Crippen LogP contribution is -2.45. The number of amides is 1. The van der Waals surface area contributed by atoms with Crippen molar-refractivity contribution in [3.8, 4) is 5.75 Å². The predicted molar refractivity (Wildman–Crippen MR) is 73.2 cm³/mol. The highest BCUT2D eigenvalue weighted by Gasteiger charge is 2.29. The number of piperidine rings is 1. The second-order valence-corrected chi connectivity index (χ2v) is 4.76. The first-order valence-electron chi connectivity index (χ1n) is 6.53. The van der Waals surface area contributed by atoms with Crippen LogP contribution in [0, 0.1) is 0 Å². The number of hydrogen-bond donors (Lipinski definition) is 2. The number of rotatable bonds is 3. The van der Waals surface area contributed by atoms with E-state index in [-0.39, 0.29) is 18.6 Å². The number of anilines is 1. The van der Waals surface area contributed by atoms with Crippen LogP contribution in [-0.4, -0.2) is 42.2 Å². The highest BCUT2D eigenvalue weighted by molar-refractivity contribution is 6.02. The number of nitrogen functional groups attached to an aromatic ring is 1. The minimum Gasteiger partial charge on any atom is -0.496 e. The molecule has 0 saturated carbocycles. The van der Waals surface area contributed by atoms with E-state index in [2.05, 4.69) is 0 Å². The molecule has 104 valence electrons. The van der Waals surface area contributed by atoms with Crippen LogP contribution in [0.1, 0.15) is 29.6 Å². The molecule has 2 rings (SSSR count). The Morgan fingerprint density at radius 2 is 2.32 bits per heavy atom. The number of hydrogen-bond acceptors (Lipinski definition) is 4. The van der Waals surface area contributed by atoms with Crippen molar-refractivity contribution in [2.24, 2.45) is 0 Å². The highest BCUT2D eigenvalue weighted by Crippen LogP contribution is 2.28. The van der Waals surface area contributed by atoms with Crippen LogP contribution in [0.15, 0.2) is 18.2 Å². The van der Waals surface area contributed by atoms with E-state index in [1.807, 2.05) is 0 Å². The molecular formula is C14H20N2O3. The Kier molecular flexibility index (Phi) is 4.27. The second kappa shape index (κ2) is 5.93. The Balaban J connectivity index is 2.32. The summed E-state index contributed by atoms with van der Waals surface area (Å²) in [4.78, 5) is 14.3. The lowest BCUT2D eigenvalue weighted by atomic mass is 10.0. The number of ether oxygens (including phenoxy) is 1. The summed E-state index contributed by atoms with van der Waals surface area (Å²) in [5.41, 5.74) is 6.70. The van der Waals surface area contributed by atoms with Gasteiger partial charge in [-0.2, -0.15) is 0 Å². The number of aliphatic hydroxyl groups is 1. The van der Waals surface area contributed by atoms with E-state index in [0.717, 1.165) is 19.3 Å². The van der Waals surface area contributed by atoms with E-state index in [4.69, 9.17) is 10.5 Å². The lowest BCUT2D eigenvalue weighted by Gasteiger charge is -2.35. The van der Waals surface area contributed by atoms with Gasteiger partial charge in [-0.1, -0.05) is 6.07 Å². The third-order valence-electron chi connectivity index (χ3n) is 3.59. The minimum atomic E-state index is -0.159. The van der Waals surface area contributed by atoms with Crippen molar-refractivity contribution in [3.05, 3.63) is 23.8 Å². The fraction of sp³-hybridized carbons (Fsp3) is 0.500. The maximum Gasteiger partial charge on any atom is 0.260 e. The topological polar surface area (TPSA) is 75.8 Å². The molecule has 0 aromatic heterocycles. The SMILES string of the molecule is COc1cccc(N)c1C(=O)N1CCCCC1CO. The molecule has 0 aliphatic carbocycles. The second-order valence-electron chi connectivity index (χ2n) is 4.76. The van der Waals surface area contributed by atoms with Gasteiger partial charge in [-0.15, -0.1) is 0 Å². The highest BCUT2D eigenvalue weighted by atomic mass is 16.5. The van der Waals surface area contributed by atoms with Crippen LogP contribution in [0.25, 0.3) is 0 Å². The van der Waals surface area contributed by atoms with E-state index >= 15 is 0 Å². The molecule has 0 radical (unpaired) electrons. The largest absolute Gasteiger partial charge is 0.496 e. The van der Waals surface area contributed by atoms with Crippen LogP contribution in [0.2, 0.25) is 0 Å². The van der Waals surface area contributed by atoms with Crippen molar-refractivity contribution in [3.63, 3.8) is 0 Å². The summed E-state index contributed by atoms with van der Waals surface area (Å²) in [6, 6.07) is 5.05. The molecule has 1 aromatic rings. The molecule has 5 nitrogen and oxygen atoms in total. The zero-order valence-electron chi connectivity index (χ0n) is 11.1. The molecule has 1 aliphatic rings. The van der Waals surface area contributed by atoms with Gasteiger partial charge in [0.05, 0.1) is 19.8 Å². The number of nitrogens with zero attached hydrogens (tertiary/aromatic N) is 1. The number of carbonyl (C=O) groups is 1. The molecule has 1 amide bonds. The average molecular weight is 264 g/mol. The quantitative estimate of drug-likeness (QED) is 0.806. The van der Waals surface area contributed by atoms with Gasteiger partial charge in [-0.3, -0.25) is 4.79 Å². The lowest BCUT2D eigenvalue weighted by molar-refractivity contribution is 0.0501. The molecule has 19 heavy (non-hydrogen) atoms. The summed E-state index contributed by atoms with van der Waals surface area (Å²) in [5.74, 6) is 0.320. The fourth-order valence-electron chi connectivity index (χ4n) is 2.55. The number of likely N-dealkylation sites (tertiary alicyclic amines) is 1. The molecule has 5 heteroatoms. The van der Waals surface area contributed by atoms with Crippen LogP contribution in [-0.2, 0) is 0 Å². The van der Waals surface area contributed by atoms with Crippen LogP contribution < -0.4 is 10.5 Å². The Hall–Kier alpha value is -1.75. The first-order valence-corrected chi connectivity index (χ1v) is 6.53. The Labute approximate surface area is 113 Å². The number of carbonyl (C=O) groups excluding carboxylic acids is 1. The van der Waals surface area contributed by atoms with E-state index in [1.54, 1.807) is 23.1 Å². The summed E-state index contributed by atoms with van der Waals surface area (Å²) < 4.78 is 5.22. The summed E-state index contributed by atoms with van der Waals surface area (Å²) in [6.07, 6.45) is 2.82. The van der Waals surface area contributed by atoms with Gasteiger partial charge < -0.3 is 20.5 Å². The standard InChI is InChI=1S/C14H20N2O3/c1-19-12-7-4-6-11(15)13(12)14(18)16-8-3-2-5-10(16)9-17/h4,6-7,10,17H,2-3,5,8-9,15H2,1H3. The molecule has 1 aliphatic heterocycles. The van der Waals surface area contributed by atoms with Crippen LogP contribution in [0.5, 0.6) is 5.75 Å². The summed E-state index contributed by atoms with van der Waals surface area (Å²) >= 11 is 0. The fourth-order valence-corrected chi connectivity index (χ4v) is 2.55. The van der Waals surface area contributed by atoms with Crippen LogP contribution in [0.3, 0.4) is 0 Å². The Morgan fingerprint density at radius 3 is 3.00 bits per heavy atom. The van der Waals surface area contributed by atoms with Gasteiger partial charge in [-0.05, 0) is 31.4 Å². The average Bonchev–Trinajstić information content (AvgIpc) is 2.46. The van der Waals surface area contributed by atoms with Gasteiger partial charge >= 0.3 is 0 Å². The van der Waals surface area contributed by atoms with Gasteiger partial charge in [-0.25, -0.2) is 0 Å². The first-order chi connectivity index (χ1) is 9.19. The van der Waals surface area contributed by atoms with E-state index in [1.165, 1.54) is 7.11 Å². The van der Waals surface area contributed by atoms with Crippen molar-refractivity contribution in [2.45, 2.75) is 25.3 Å². The zero-order chi connectivity index (χ0) is 13.8. The van der Waals surface area contributed by atoms with Gasteiger partial charge in [0.25, 0.3) is 5.91 Å². The summed E-state index contributed by atoms with van der Waals surface area (Å²) in [7, 11) is 1.52. The minimum absolute atomic E-state index is 0.0131. The van der Waals surface area contributed by atoms with Crippen molar-refractivity contribution in [1.82, 2.24) is 4.90 Å². The number of methoxy groups -OCH3 is 1. The van der Waals surface area contributed by atoms with E-state index < -0.39 is 0 Å². The number of aliphatic hydroxyl groups excluding tert-OH is 1. The molecule has 1 saturated heterocycles. The van der Waals surface area contributed by atoms with Gasteiger partial charge in [0, 0.05) is 12.2 Å². The third kappa shape index (κ3) is 2.66. The van der Waals surface area contributed by atoms with E-state index in [0.29, 0.717) is 23.5 Å². The smallest absolute Gasteiger partial charge is 0.260 e. The molecule has 3 N–H and O–H groups in total. The molecule has 1 unspecified atom stereocenters. The van der Waals surface area contributed by atoms with E-state index in [9.17, 15) is 9.90 Å². The van der Waals surface area contributed by atoms with Gasteiger partial charge in [0.15, 0.2) is 0 Å². The van der Waals surface area contributed by atoms with Crippen molar-refractivity contribution in [1.29, 1.82) is 0 Å². The third-order valence-corrected chi connectivity index (χ3v) is 3.59. The molecule has 1 heterocycles. The van der Waals surface area contributed by atoms with Crippen LogP contribution in [0.4, 0.5) is 5.69 Å². The normalized spacial score (nSPS) is 19.3. The zero-order valence-corrected chi connectivity index (χ0v) is 11.1. The molecule has 0 spiro atoms. The maximum absolute atomic E-state index is 12.6. The molecular weight excluding hydrogens is 244 g/mol. The molecule has 1 atom stereocenters. The van der Waals surface area contributed by atoms with Crippen molar-refractivity contribution < 1.29 is 14.6 Å². The van der Waals surface area contributed by atoms with Crippen molar-refractivity contribution >= 4 is 11.6 Å². The molecule has 0 bridgehead atoms. The predicted octanol–water partition coefficient (Wildman–Crippen LogP) is 1.26. The van der Waals surface area contributed by atoms with Gasteiger partial charge in [0.1, 0.15) is 11.3 Å². The van der Waals surface area contributed by atoms with Crippen molar-refractivity contribution in [2.75, 3.05) is 26.0 Å². The Bertz CT molecular complexity index is 462. The number of benzene rings is 1. The Morgan fingerprint density at radius 1 is 1.53 bits per heavy atom. The monoisotopic (exact) mass is 264 g/mol. The van der Waals surface area contributed by atoms with Gasteiger partial charge in [0.2, 0.25) is 0 Å². The maximum atomic E-state index is 12.6. The first kappa shape index (κ1) is 13.7. The molecule has 1 fully saturated rings. The van der Waals surface area contributed by atoms with Crippen LogP contribution >= 0.6 is 0 Å². The molecule has 1 aromatic carbocycles.